The first-order chi connectivity index (χ1) is 12.4. The Labute approximate surface area is 164 Å². The lowest BCUT2D eigenvalue weighted by molar-refractivity contribution is -0.121. The number of nitrogens with zero attached hydrogens (tertiary/aromatic N) is 3. The Morgan fingerprint density at radius 3 is 2.58 bits per heavy atom. The van der Waals surface area contributed by atoms with Gasteiger partial charge in [0.15, 0.2) is 0 Å². The van der Waals surface area contributed by atoms with Crippen molar-refractivity contribution in [2.24, 2.45) is 0 Å². The Hall–Kier alpha value is -1.66. The van der Waals surface area contributed by atoms with Crippen LogP contribution in [0.1, 0.15) is 51.9 Å². The number of nitrogens with one attached hydrogen (secondary N) is 1. The summed E-state index contributed by atoms with van der Waals surface area (Å²) in [6.45, 7) is 8.93. The van der Waals surface area contributed by atoms with E-state index >= 15 is 0 Å². The summed E-state index contributed by atoms with van der Waals surface area (Å²) in [4.78, 5) is 18.9. The fourth-order valence-corrected chi connectivity index (χ4v) is 3.44. The molecule has 0 radical (unpaired) electrons. The highest BCUT2D eigenvalue weighted by Crippen LogP contribution is 2.22. The molecule has 0 spiro atoms. The standard InChI is InChI=1S/C19H27ClN4OS/c1-5-14(4)21-18(25)10-11-24(13(2)3)19-22-17(23-26-19)12-15-6-8-16(20)9-7-15/h6-9,13-14H,5,10-12H2,1-4H3,(H,21,25)/t14-/m0/s1. The molecule has 142 valence electrons. The van der Waals surface area contributed by atoms with Crippen LogP contribution in [0.5, 0.6) is 0 Å². The van der Waals surface area contributed by atoms with Crippen molar-refractivity contribution in [1.82, 2.24) is 14.7 Å². The smallest absolute Gasteiger partial charge is 0.221 e. The van der Waals surface area contributed by atoms with Gasteiger partial charge in [0.05, 0.1) is 0 Å². The first-order valence-corrected chi connectivity index (χ1v) is 10.2. The van der Waals surface area contributed by atoms with Gasteiger partial charge in [-0.1, -0.05) is 30.7 Å². The fraction of sp³-hybridized carbons (Fsp3) is 0.526. The zero-order valence-corrected chi connectivity index (χ0v) is 17.4. The molecule has 1 aromatic carbocycles. The van der Waals surface area contributed by atoms with Crippen molar-refractivity contribution >= 4 is 34.2 Å². The highest BCUT2D eigenvalue weighted by Gasteiger charge is 2.17. The summed E-state index contributed by atoms with van der Waals surface area (Å²) in [5.41, 5.74) is 1.13. The second kappa shape index (κ2) is 9.88. The summed E-state index contributed by atoms with van der Waals surface area (Å²) in [7, 11) is 0. The van der Waals surface area contributed by atoms with E-state index in [4.69, 9.17) is 11.6 Å². The predicted octanol–water partition coefficient (Wildman–Crippen LogP) is 4.30. The number of anilines is 1. The summed E-state index contributed by atoms with van der Waals surface area (Å²) < 4.78 is 4.48. The lowest BCUT2D eigenvalue weighted by Crippen LogP contribution is -2.37. The Morgan fingerprint density at radius 2 is 1.96 bits per heavy atom. The number of amides is 1. The molecular weight excluding hydrogens is 368 g/mol. The minimum atomic E-state index is 0.0795. The van der Waals surface area contributed by atoms with E-state index in [1.165, 1.54) is 11.5 Å². The van der Waals surface area contributed by atoms with Crippen LogP contribution >= 0.6 is 23.1 Å². The third-order valence-corrected chi connectivity index (χ3v) is 5.24. The van der Waals surface area contributed by atoms with Crippen molar-refractivity contribution in [2.45, 2.75) is 59.0 Å². The fourth-order valence-electron chi connectivity index (χ4n) is 2.46. The van der Waals surface area contributed by atoms with E-state index in [9.17, 15) is 4.79 Å². The Bertz CT molecular complexity index is 702. The molecule has 0 aliphatic carbocycles. The summed E-state index contributed by atoms with van der Waals surface area (Å²) in [5.74, 6) is 0.873. The van der Waals surface area contributed by atoms with E-state index in [0.29, 0.717) is 19.4 Å². The Morgan fingerprint density at radius 1 is 1.27 bits per heavy atom. The van der Waals surface area contributed by atoms with E-state index in [-0.39, 0.29) is 18.0 Å². The van der Waals surface area contributed by atoms with Crippen LogP contribution in [-0.4, -0.2) is 33.9 Å². The molecule has 0 saturated carbocycles. The molecular formula is C19H27ClN4OS. The van der Waals surface area contributed by atoms with E-state index in [0.717, 1.165) is 28.0 Å². The van der Waals surface area contributed by atoms with Gasteiger partial charge in [-0.3, -0.25) is 4.79 Å². The zero-order valence-electron chi connectivity index (χ0n) is 15.8. The first-order valence-electron chi connectivity index (χ1n) is 9.02. The van der Waals surface area contributed by atoms with Crippen LogP contribution in [0.3, 0.4) is 0 Å². The number of benzene rings is 1. The van der Waals surface area contributed by atoms with Gasteiger partial charge in [-0.05, 0) is 44.9 Å². The average molecular weight is 395 g/mol. The Balaban J connectivity index is 1.98. The van der Waals surface area contributed by atoms with Crippen LogP contribution in [0.2, 0.25) is 5.02 Å². The molecule has 1 aromatic heterocycles. The second-order valence-corrected chi connectivity index (χ2v) is 7.88. The molecule has 1 heterocycles. The van der Waals surface area contributed by atoms with Gasteiger partial charge in [-0.25, -0.2) is 4.98 Å². The molecule has 0 saturated heterocycles. The molecule has 0 aliphatic rings. The average Bonchev–Trinajstić information content (AvgIpc) is 3.04. The minimum absolute atomic E-state index is 0.0795. The quantitative estimate of drug-likeness (QED) is 0.688. The van der Waals surface area contributed by atoms with E-state index in [2.05, 4.69) is 40.3 Å². The molecule has 2 aromatic rings. The van der Waals surface area contributed by atoms with Gasteiger partial charge in [-0.2, -0.15) is 4.37 Å². The summed E-state index contributed by atoms with van der Waals surface area (Å²) in [6.07, 6.45) is 2.06. The molecule has 1 N–H and O–H groups in total. The maximum absolute atomic E-state index is 12.1. The first kappa shape index (κ1) is 20.6. The van der Waals surface area contributed by atoms with E-state index < -0.39 is 0 Å². The molecule has 1 amide bonds. The van der Waals surface area contributed by atoms with Crippen LogP contribution in [0.15, 0.2) is 24.3 Å². The van der Waals surface area contributed by atoms with Crippen molar-refractivity contribution in [3.63, 3.8) is 0 Å². The number of rotatable bonds is 9. The number of carbonyl (C=O) groups is 1. The molecule has 0 bridgehead atoms. The molecule has 2 rings (SSSR count). The van der Waals surface area contributed by atoms with Gasteiger partial charge in [0.25, 0.3) is 0 Å². The largest absolute Gasteiger partial charge is 0.354 e. The minimum Gasteiger partial charge on any atom is -0.354 e. The van der Waals surface area contributed by atoms with Crippen LogP contribution in [-0.2, 0) is 11.2 Å². The molecule has 5 nitrogen and oxygen atoms in total. The molecule has 0 fully saturated rings. The van der Waals surface area contributed by atoms with Crippen molar-refractivity contribution in [2.75, 3.05) is 11.4 Å². The van der Waals surface area contributed by atoms with Gasteiger partial charge in [-0.15, -0.1) is 0 Å². The lowest BCUT2D eigenvalue weighted by Gasteiger charge is -2.25. The van der Waals surface area contributed by atoms with Crippen LogP contribution in [0, 0.1) is 0 Å². The van der Waals surface area contributed by atoms with Crippen LogP contribution in [0.4, 0.5) is 5.13 Å². The normalized spacial score (nSPS) is 12.2. The maximum atomic E-state index is 12.1. The molecule has 7 heteroatoms. The maximum Gasteiger partial charge on any atom is 0.221 e. The zero-order chi connectivity index (χ0) is 19.1. The molecule has 0 unspecified atom stereocenters. The topological polar surface area (TPSA) is 58.1 Å². The number of carbonyl (C=O) groups excluding carboxylic acids is 1. The van der Waals surface area contributed by atoms with E-state index in [1.54, 1.807) is 0 Å². The molecule has 1 atom stereocenters. The van der Waals surface area contributed by atoms with Crippen molar-refractivity contribution in [3.05, 3.63) is 40.7 Å². The monoisotopic (exact) mass is 394 g/mol. The van der Waals surface area contributed by atoms with Crippen LogP contribution < -0.4 is 10.2 Å². The van der Waals surface area contributed by atoms with Crippen molar-refractivity contribution < 1.29 is 4.79 Å². The summed E-state index contributed by atoms with van der Waals surface area (Å²) in [6, 6.07) is 8.19. The van der Waals surface area contributed by atoms with Gasteiger partial charge in [0.1, 0.15) is 5.82 Å². The number of aromatic nitrogens is 2. The van der Waals surface area contributed by atoms with Gasteiger partial charge >= 0.3 is 0 Å². The predicted molar refractivity (Wildman–Crippen MR) is 109 cm³/mol. The van der Waals surface area contributed by atoms with Crippen molar-refractivity contribution in [3.8, 4) is 0 Å². The Kier molecular flexibility index (Phi) is 7.85. The number of hydrogen-bond acceptors (Lipinski definition) is 5. The third-order valence-electron chi connectivity index (χ3n) is 4.20. The lowest BCUT2D eigenvalue weighted by atomic mass is 10.1. The number of halogens is 1. The summed E-state index contributed by atoms with van der Waals surface area (Å²) in [5, 5.41) is 4.59. The highest BCUT2D eigenvalue weighted by atomic mass is 35.5. The van der Waals surface area contributed by atoms with Crippen molar-refractivity contribution in [1.29, 1.82) is 0 Å². The second-order valence-electron chi connectivity index (χ2n) is 6.71. The summed E-state index contributed by atoms with van der Waals surface area (Å²) >= 11 is 7.31. The molecule has 0 aliphatic heterocycles. The third kappa shape index (κ3) is 6.25. The van der Waals surface area contributed by atoms with E-state index in [1.807, 2.05) is 31.2 Å². The van der Waals surface area contributed by atoms with Gasteiger partial charge in [0.2, 0.25) is 11.0 Å². The van der Waals surface area contributed by atoms with Crippen LogP contribution in [0.25, 0.3) is 0 Å². The number of hydrogen-bond donors (Lipinski definition) is 1. The SMILES string of the molecule is CC[C@H](C)NC(=O)CCN(c1nc(Cc2ccc(Cl)cc2)ns1)C(C)C. The van der Waals surface area contributed by atoms with Gasteiger partial charge < -0.3 is 10.2 Å². The molecule has 26 heavy (non-hydrogen) atoms. The van der Waals surface area contributed by atoms with Gasteiger partial charge in [0, 0.05) is 48.0 Å². The highest BCUT2D eigenvalue weighted by molar-refractivity contribution is 7.09.